The highest BCUT2D eigenvalue weighted by atomic mass is 16.6. The fourth-order valence-electron chi connectivity index (χ4n) is 4.27. The lowest BCUT2D eigenvalue weighted by Gasteiger charge is -2.27. The zero-order chi connectivity index (χ0) is 24.0. The van der Waals surface area contributed by atoms with Gasteiger partial charge >= 0.3 is 5.97 Å². The molecular weight excluding hydrogens is 436 g/mol. The Morgan fingerprint density at radius 3 is 1.80 bits per heavy atom. The van der Waals surface area contributed by atoms with Gasteiger partial charge in [0.05, 0.1) is 17.2 Å². The predicted molar refractivity (Wildman–Crippen MR) is 135 cm³/mol. The Morgan fingerprint density at radius 1 is 0.686 bits per heavy atom. The Balaban J connectivity index is 1.57. The van der Waals surface area contributed by atoms with Crippen LogP contribution in [0.25, 0.3) is 0 Å². The van der Waals surface area contributed by atoms with Crippen molar-refractivity contribution in [1.82, 2.24) is 5.01 Å². The Hall–Kier alpha value is -4.51. The van der Waals surface area contributed by atoms with E-state index in [1.807, 2.05) is 72.8 Å². The predicted octanol–water partition coefficient (Wildman–Crippen LogP) is 5.71. The van der Waals surface area contributed by atoms with E-state index < -0.39 is 18.1 Å². The van der Waals surface area contributed by atoms with Gasteiger partial charge in [0.2, 0.25) is 6.23 Å². The lowest BCUT2D eigenvalue weighted by molar-refractivity contribution is -0.0193. The van der Waals surface area contributed by atoms with Crippen LogP contribution in [0, 0.1) is 0 Å². The third-order valence-corrected chi connectivity index (χ3v) is 5.97. The highest BCUT2D eigenvalue weighted by Gasteiger charge is 2.44. The first kappa shape index (κ1) is 22.3. The smallest absolute Gasteiger partial charge is 0.340 e. The molecule has 1 aliphatic rings. The summed E-state index contributed by atoms with van der Waals surface area (Å²) in [6.07, 6.45) is -0.394. The van der Waals surface area contributed by atoms with Crippen LogP contribution in [0.5, 0.6) is 0 Å². The molecule has 0 saturated carbocycles. The number of amides is 1. The molecule has 0 saturated heterocycles. The molecule has 0 aliphatic carbocycles. The maximum absolute atomic E-state index is 13.6. The minimum atomic E-state index is -0.920. The van der Waals surface area contributed by atoms with E-state index in [0.717, 1.165) is 16.8 Å². The van der Waals surface area contributed by atoms with Gasteiger partial charge in [-0.05, 0) is 35.4 Å². The number of esters is 1. The molecule has 5 rings (SSSR count). The van der Waals surface area contributed by atoms with E-state index in [2.05, 4.69) is 0 Å². The molecule has 0 spiro atoms. The van der Waals surface area contributed by atoms with Gasteiger partial charge in [-0.2, -0.15) is 10.1 Å². The van der Waals surface area contributed by atoms with Crippen molar-refractivity contribution in [3.63, 3.8) is 0 Å². The number of nitrogens with zero attached hydrogens (tertiary/aromatic N) is 2. The lowest BCUT2D eigenvalue weighted by atomic mass is 9.89. The van der Waals surface area contributed by atoms with Gasteiger partial charge < -0.3 is 4.74 Å². The number of hydrazone groups is 1. The molecule has 5 heteroatoms. The minimum Gasteiger partial charge on any atom is -0.435 e. The molecule has 4 aromatic carbocycles. The zero-order valence-electron chi connectivity index (χ0n) is 19.0. The van der Waals surface area contributed by atoms with E-state index in [1.165, 1.54) is 5.01 Å². The molecule has 0 aromatic heterocycles. The summed E-state index contributed by atoms with van der Waals surface area (Å²) in [7, 11) is 0. The van der Waals surface area contributed by atoms with Crippen LogP contribution in [0.1, 0.15) is 37.8 Å². The molecular formula is C30H24N2O3. The fraction of sp³-hybridized carbons (Fsp3) is 0.100. The van der Waals surface area contributed by atoms with Gasteiger partial charge in [-0.3, -0.25) is 4.79 Å². The molecule has 0 radical (unpaired) electrons. The van der Waals surface area contributed by atoms with E-state index >= 15 is 0 Å². The van der Waals surface area contributed by atoms with E-state index in [-0.39, 0.29) is 5.91 Å². The molecule has 1 amide bonds. The van der Waals surface area contributed by atoms with E-state index in [1.54, 1.807) is 48.5 Å². The molecule has 4 aromatic rings. The summed E-state index contributed by atoms with van der Waals surface area (Å²) in [6.45, 7) is 0. The SMILES string of the molecule is O=C(OC1C(c2ccccc2)C(Cc2ccccc2)=NN1C(=O)c1ccccc1)c1ccccc1. The van der Waals surface area contributed by atoms with Gasteiger partial charge in [0.15, 0.2) is 0 Å². The monoisotopic (exact) mass is 460 g/mol. The minimum absolute atomic E-state index is 0.319. The zero-order valence-corrected chi connectivity index (χ0v) is 19.0. The van der Waals surface area contributed by atoms with Gasteiger partial charge in [-0.1, -0.05) is 97.1 Å². The summed E-state index contributed by atoms with van der Waals surface area (Å²) >= 11 is 0. The molecule has 172 valence electrons. The van der Waals surface area contributed by atoms with Crippen molar-refractivity contribution in [3.05, 3.63) is 144 Å². The summed E-state index contributed by atoms with van der Waals surface area (Å²) in [6, 6.07) is 37.5. The number of rotatable bonds is 6. The van der Waals surface area contributed by atoms with Crippen molar-refractivity contribution in [3.8, 4) is 0 Å². The van der Waals surface area contributed by atoms with Gasteiger partial charge in [0, 0.05) is 12.0 Å². The van der Waals surface area contributed by atoms with Gasteiger partial charge in [-0.25, -0.2) is 4.79 Å². The van der Waals surface area contributed by atoms with Gasteiger partial charge in [-0.15, -0.1) is 0 Å². The van der Waals surface area contributed by atoms with Gasteiger partial charge in [0.1, 0.15) is 0 Å². The summed E-state index contributed by atoms with van der Waals surface area (Å²) in [5, 5.41) is 6.09. The number of carbonyl (C=O) groups is 2. The highest BCUT2D eigenvalue weighted by Crippen LogP contribution is 2.35. The van der Waals surface area contributed by atoms with Crippen molar-refractivity contribution in [2.24, 2.45) is 5.10 Å². The molecule has 1 heterocycles. The number of carbonyl (C=O) groups excluding carboxylic acids is 2. The number of ether oxygens (including phenoxy) is 1. The molecule has 0 bridgehead atoms. The Kier molecular flexibility index (Phi) is 6.48. The number of benzene rings is 4. The Labute approximate surface area is 204 Å². The molecule has 1 aliphatic heterocycles. The van der Waals surface area contributed by atoms with Gasteiger partial charge in [0.25, 0.3) is 5.91 Å². The average molecular weight is 461 g/mol. The topological polar surface area (TPSA) is 59.0 Å². The summed E-state index contributed by atoms with van der Waals surface area (Å²) in [5.41, 5.74) is 3.65. The van der Waals surface area contributed by atoms with Crippen LogP contribution in [-0.4, -0.2) is 28.8 Å². The average Bonchev–Trinajstić information content (AvgIpc) is 3.27. The van der Waals surface area contributed by atoms with Crippen LogP contribution in [-0.2, 0) is 11.2 Å². The molecule has 2 atom stereocenters. The van der Waals surface area contributed by atoms with Crippen molar-refractivity contribution in [2.75, 3.05) is 0 Å². The summed E-state index contributed by atoms with van der Waals surface area (Å²) in [5.74, 6) is -1.23. The maximum atomic E-state index is 13.6. The highest BCUT2D eigenvalue weighted by molar-refractivity contribution is 6.01. The first-order valence-electron chi connectivity index (χ1n) is 11.5. The fourth-order valence-corrected chi connectivity index (χ4v) is 4.27. The molecule has 2 unspecified atom stereocenters. The van der Waals surface area contributed by atoms with Crippen molar-refractivity contribution >= 4 is 17.6 Å². The maximum Gasteiger partial charge on any atom is 0.340 e. The quantitative estimate of drug-likeness (QED) is 0.347. The van der Waals surface area contributed by atoms with Crippen LogP contribution < -0.4 is 0 Å². The number of hydrogen-bond donors (Lipinski definition) is 0. The largest absolute Gasteiger partial charge is 0.435 e. The van der Waals surface area contributed by atoms with E-state index in [0.29, 0.717) is 17.5 Å². The van der Waals surface area contributed by atoms with Crippen molar-refractivity contribution < 1.29 is 14.3 Å². The van der Waals surface area contributed by atoms with E-state index in [4.69, 9.17) is 9.84 Å². The third kappa shape index (κ3) is 4.89. The Bertz CT molecular complexity index is 1320. The second-order valence-electron chi connectivity index (χ2n) is 8.32. The van der Waals surface area contributed by atoms with Crippen LogP contribution in [0.15, 0.2) is 126 Å². The van der Waals surface area contributed by atoms with Crippen LogP contribution in [0.4, 0.5) is 0 Å². The van der Waals surface area contributed by atoms with Crippen molar-refractivity contribution in [2.45, 2.75) is 18.6 Å². The van der Waals surface area contributed by atoms with Crippen LogP contribution >= 0.6 is 0 Å². The third-order valence-electron chi connectivity index (χ3n) is 5.97. The first-order chi connectivity index (χ1) is 17.2. The van der Waals surface area contributed by atoms with E-state index in [9.17, 15) is 9.59 Å². The van der Waals surface area contributed by atoms with Crippen molar-refractivity contribution in [1.29, 1.82) is 0 Å². The normalized spacial score (nSPS) is 17.0. The summed E-state index contributed by atoms with van der Waals surface area (Å²) in [4.78, 5) is 26.7. The summed E-state index contributed by atoms with van der Waals surface area (Å²) < 4.78 is 6.04. The van der Waals surface area contributed by atoms with Crippen LogP contribution in [0.3, 0.4) is 0 Å². The lowest BCUT2D eigenvalue weighted by Crippen LogP contribution is -2.40. The second kappa shape index (κ2) is 10.2. The molecule has 0 fully saturated rings. The first-order valence-corrected chi connectivity index (χ1v) is 11.5. The second-order valence-corrected chi connectivity index (χ2v) is 8.32. The number of hydrogen-bond acceptors (Lipinski definition) is 4. The Morgan fingerprint density at radius 2 is 1.20 bits per heavy atom. The van der Waals surface area contributed by atoms with Crippen LogP contribution in [0.2, 0.25) is 0 Å². The molecule has 35 heavy (non-hydrogen) atoms. The standard InChI is InChI=1S/C30H24N2O3/c33-28(24-17-9-3-10-18-24)32-29(35-30(34)25-19-11-4-12-20-25)27(23-15-7-2-8-16-23)26(31-32)21-22-13-5-1-6-14-22/h1-20,27,29H,21H2. The molecule has 0 N–H and O–H groups in total. The molecule has 5 nitrogen and oxygen atoms in total.